The SMILES string of the molecule is O=C(N1CCCC(Oc2nccc(C(F)(F)F)n2)C1)C12CC3CC(CC(C3)C1)C2. The number of hydrogen-bond donors (Lipinski definition) is 0. The Bertz CT molecular complexity index is 762. The van der Waals surface area contributed by atoms with Gasteiger partial charge in [-0.05, 0) is 75.2 Å². The summed E-state index contributed by atoms with van der Waals surface area (Å²) < 4.78 is 44.3. The second kappa shape index (κ2) is 6.84. The van der Waals surface area contributed by atoms with E-state index in [2.05, 4.69) is 9.97 Å². The number of piperidine rings is 1. The molecule has 8 heteroatoms. The molecule has 4 aliphatic carbocycles. The topological polar surface area (TPSA) is 55.3 Å². The third-order valence-corrected chi connectivity index (χ3v) is 7.35. The van der Waals surface area contributed by atoms with Gasteiger partial charge in [-0.15, -0.1) is 0 Å². The third-order valence-electron chi connectivity index (χ3n) is 7.35. The van der Waals surface area contributed by atoms with Crippen LogP contribution in [-0.2, 0) is 11.0 Å². The highest BCUT2D eigenvalue weighted by Crippen LogP contribution is 2.60. The Kier molecular flexibility index (Phi) is 4.51. The van der Waals surface area contributed by atoms with E-state index in [1.807, 2.05) is 4.90 Å². The summed E-state index contributed by atoms with van der Waals surface area (Å²) in [7, 11) is 0. The fourth-order valence-electron chi connectivity index (χ4n) is 6.63. The van der Waals surface area contributed by atoms with Crippen LogP contribution in [0.25, 0.3) is 0 Å². The van der Waals surface area contributed by atoms with Crippen molar-refractivity contribution in [3.05, 3.63) is 18.0 Å². The van der Waals surface area contributed by atoms with E-state index in [1.54, 1.807) is 0 Å². The fourth-order valence-corrected chi connectivity index (χ4v) is 6.63. The molecule has 4 bridgehead atoms. The zero-order chi connectivity index (χ0) is 20.2. The molecule has 1 saturated heterocycles. The van der Waals surface area contributed by atoms with Crippen molar-refractivity contribution >= 4 is 5.91 Å². The molecular formula is C21H26F3N3O2. The molecular weight excluding hydrogens is 383 g/mol. The fraction of sp³-hybridized carbons (Fsp3) is 0.762. The van der Waals surface area contributed by atoms with Crippen LogP contribution in [0.3, 0.4) is 0 Å². The molecule has 1 aliphatic heterocycles. The predicted octanol–water partition coefficient (Wildman–Crippen LogP) is 4.08. The van der Waals surface area contributed by atoms with Gasteiger partial charge in [0.2, 0.25) is 5.91 Å². The van der Waals surface area contributed by atoms with E-state index in [-0.39, 0.29) is 23.4 Å². The van der Waals surface area contributed by atoms with Crippen LogP contribution in [0.4, 0.5) is 13.2 Å². The number of aromatic nitrogens is 2. The van der Waals surface area contributed by atoms with Gasteiger partial charge in [0, 0.05) is 12.7 Å². The van der Waals surface area contributed by atoms with Crippen molar-refractivity contribution in [2.24, 2.45) is 23.2 Å². The van der Waals surface area contributed by atoms with Gasteiger partial charge < -0.3 is 9.64 Å². The first-order valence-electron chi connectivity index (χ1n) is 10.7. The zero-order valence-corrected chi connectivity index (χ0v) is 16.3. The molecule has 6 rings (SSSR count). The number of halogens is 3. The molecule has 4 saturated carbocycles. The lowest BCUT2D eigenvalue weighted by Gasteiger charge is -2.57. The number of carbonyl (C=O) groups excluding carboxylic acids is 1. The number of likely N-dealkylation sites (tertiary alicyclic amines) is 1. The number of carbonyl (C=O) groups is 1. The smallest absolute Gasteiger partial charge is 0.433 e. The van der Waals surface area contributed by atoms with Gasteiger partial charge in [-0.2, -0.15) is 18.2 Å². The molecule has 0 spiro atoms. The van der Waals surface area contributed by atoms with E-state index >= 15 is 0 Å². The Morgan fingerprint density at radius 3 is 2.41 bits per heavy atom. The van der Waals surface area contributed by atoms with Crippen LogP contribution < -0.4 is 4.74 Å². The van der Waals surface area contributed by atoms with E-state index in [1.165, 1.54) is 19.3 Å². The number of hydrogen-bond acceptors (Lipinski definition) is 4. The lowest BCUT2D eigenvalue weighted by molar-refractivity contribution is -0.160. The molecule has 0 N–H and O–H groups in total. The molecule has 2 heterocycles. The van der Waals surface area contributed by atoms with E-state index in [0.29, 0.717) is 37.3 Å². The summed E-state index contributed by atoms with van der Waals surface area (Å²) in [4.78, 5) is 22.8. The van der Waals surface area contributed by atoms with Crippen LogP contribution in [0.1, 0.15) is 57.1 Å². The minimum Gasteiger partial charge on any atom is -0.458 e. The van der Waals surface area contributed by atoms with Crippen molar-refractivity contribution in [1.82, 2.24) is 14.9 Å². The summed E-state index contributed by atoms with van der Waals surface area (Å²) >= 11 is 0. The molecule has 29 heavy (non-hydrogen) atoms. The summed E-state index contributed by atoms with van der Waals surface area (Å²) in [6, 6.07) is 0.560. The first kappa shape index (κ1) is 19.1. The van der Waals surface area contributed by atoms with Gasteiger partial charge >= 0.3 is 12.2 Å². The molecule has 5 aliphatic rings. The van der Waals surface area contributed by atoms with Crippen molar-refractivity contribution < 1.29 is 22.7 Å². The molecule has 158 valence electrons. The van der Waals surface area contributed by atoms with Crippen molar-refractivity contribution in [2.45, 2.75) is 63.6 Å². The molecule has 5 fully saturated rings. The number of ether oxygens (including phenoxy) is 1. The maximum absolute atomic E-state index is 13.5. The Labute approximate surface area is 168 Å². The van der Waals surface area contributed by atoms with E-state index in [4.69, 9.17) is 4.74 Å². The van der Waals surface area contributed by atoms with Gasteiger partial charge in [-0.3, -0.25) is 4.79 Å². The van der Waals surface area contributed by atoms with Crippen molar-refractivity contribution in [1.29, 1.82) is 0 Å². The van der Waals surface area contributed by atoms with Gasteiger partial charge in [-0.1, -0.05) is 0 Å². The summed E-state index contributed by atoms with van der Waals surface area (Å²) in [5, 5.41) is 0. The molecule has 1 unspecified atom stereocenters. The highest BCUT2D eigenvalue weighted by molar-refractivity contribution is 5.83. The molecule has 0 aromatic carbocycles. The monoisotopic (exact) mass is 409 g/mol. The summed E-state index contributed by atoms with van der Waals surface area (Å²) in [6.07, 6.45) is 4.50. The molecule has 1 atom stereocenters. The minimum atomic E-state index is -4.53. The maximum atomic E-state index is 13.5. The average molecular weight is 409 g/mol. The summed E-state index contributed by atoms with van der Waals surface area (Å²) in [6.45, 7) is 1.10. The van der Waals surface area contributed by atoms with Gasteiger partial charge in [0.15, 0.2) is 5.69 Å². The normalized spacial score (nSPS) is 36.3. The molecule has 1 aromatic heterocycles. The number of nitrogens with zero attached hydrogens (tertiary/aromatic N) is 3. The lowest BCUT2D eigenvalue weighted by atomic mass is 9.49. The zero-order valence-electron chi connectivity index (χ0n) is 16.3. The van der Waals surface area contributed by atoms with Crippen LogP contribution in [0.15, 0.2) is 12.3 Å². The maximum Gasteiger partial charge on any atom is 0.433 e. The summed E-state index contributed by atoms with van der Waals surface area (Å²) in [5.74, 6) is 2.33. The first-order chi connectivity index (χ1) is 13.8. The highest BCUT2D eigenvalue weighted by Gasteiger charge is 2.55. The van der Waals surface area contributed by atoms with Gasteiger partial charge in [0.1, 0.15) is 6.10 Å². The van der Waals surface area contributed by atoms with Gasteiger partial charge in [0.05, 0.1) is 12.0 Å². The van der Waals surface area contributed by atoms with Gasteiger partial charge in [-0.25, -0.2) is 4.98 Å². The average Bonchev–Trinajstić information content (AvgIpc) is 2.66. The Morgan fingerprint density at radius 2 is 1.79 bits per heavy atom. The summed E-state index contributed by atoms with van der Waals surface area (Å²) in [5.41, 5.74) is -1.22. The molecule has 1 amide bonds. The Hall–Kier alpha value is -1.86. The first-order valence-corrected chi connectivity index (χ1v) is 10.7. The van der Waals surface area contributed by atoms with E-state index < -0.39 is 11.9 Å². The van der Waals surface area contributed by atoms with Gasteiger partial charge in [0.25, 0.3) is 0 Å². The molecule has 5 nitrogen and oxygen atoms in total. The van der Waals surface area contributed by atoms with E-state index in [0.717, 1.165) is 37.9 Å². The van der Waals surface area contributed by atoms with E-state index in [9.17, 15) is 18.0 Å². The van der Waals surface area contributed by atoms with Crippen molar-refractivity contribution in [3.63, 3.8) is 0 Å². The van der Waals surface area contributed by atoms with Crippen LogP contribution in [-0.4, -0.2) is 40.0 Å². The van der Waals surface area contributed by atoms with Crippen LogP contribution >= 0.6 is 0 Å². The number of rotatable bonds is 3. The second-order valence-corrected chi connectivity index (χ2v) is 9.55. The van der Waals surface area contributed by atoms with Crippen molar-refractivity contribution in [2.75, 3.05) is 13.1 Å². The lowest BCUT2D eigenvalue weighted by Crippen LogP contribution is -2.57. The molecule has 1 aromatic rings. The molecule has 0 radical (unpaired) electrons. The van der Waals surface area contributed by atoms with Crippen LogP contribution in [0, 0.1) is 23.2 Å². The quantitative estimate of drug-likeness (QED) is 0.755. The van der Waals surface area contributed by atoms with Crippen molar-refractivity contribution in [3.8, 4) is 6.01 Å². The van der Waals surface area contributed by atoms with Crippen LogP contribution in [0.2, 0.25) is 0 Å². The third kappa shape index (κ3) is 3.59. The number of amides is 1. The Balaban J connectivity index is 1.27. The van der Waals surface area contributed by atoms with Crippen LogP contribution in [0.5, 0.6) is 6.01 Å². The second-order valence-electron chi connectivity index (χ2n) is 9.55. The Morgan fingerprint density at radius 1 is 1.14 bits per heavy atom. The standard InChI is InChI=1S/C21H26F3N3O2/c22-21(23,24)17-3-4-25-19(26-17)29-16-2-1-5-27(12-16)18(28)20-9-13-6-14(10-20)8-15(7-13)11-20/h3-4,13-16H,1-2,5-12H2. The minimum absolute atomic E-state index is 0.205. The number of alkyl halides is 3. The largest absolute Gasteiger partial charge is 0.458 e. The predicted molar refractivity (Wildman–Crippen MR) is 97.9 cm³/mol. The highest BCUT2D eigenvalue weighted by atomic mass is 19.4.